The van der Waals surface area contributed by atoms with Crippen LogP contribution in [0, 0.1) is 0 Å². The van der Waals surface area contributed by atoms with Crippen molar-refractivity contribution in [2.24, 2.45) is 0 Å². The standard InChI is InChI=1S/C16H16F3N3O/c1-22(15(23)21-10-14-4-2-3-9-20-14)11-12-5-7-13(8-6-12)16(17,18)19/h2-9H,10-11H2,1H3,(H,21,23). The third kappa shape index (κ3) is 4.98. The topological polar surface area (TPSA) is 45.2 Å². The molecule has 0 aliphatic heterocycles. The first-order chi connectivity index (χ1) is 10.9. The number of pyridine rings is 1. The van der Waals surface area contributed by atoms with Crippen molar-refractivity contribution >= 4 is 6.03 Å². The summed E-state index contributed by atoms with van der Waals surface area (Å²) in [6.07, 6.45) is -2.72. The van der Waals surface area contributed by atoms with Crippen LogP contribution in [0.3, 0.4) is 0 Å². The maximum atomic E-state index is 12.5. The lowest BCUT2D eigenvalue weighted by Gasteiger charge is -2.18. The Bertz CT molecular complexity index is 642. The molecule has 0 fully saturated rings. The molecule has 0 spiro atoms. The van der Waals surface area contributed by atoms with Crippen molar-refractivity contribution in [3.63, 3.8) is 0 Å². The Labute approximate surface area is 132 Å². The molecule has 2 aromatic rings. The van der Waals surface area contributed by atoms with Crippen LogP contribution in [0.15, 0.2) is 48.7 Å². The van der Waals surface area contributed by atoms with Crippen LogP contribution in [0.5, 0.6) is 0 Å². The first kappa shape index (κ1) is 16.8. The summed E-state index contributed by atoms with van der Waals surface area (Å²) < 4.78 is 37.5. The van der Waals surface area contributed by atoms with Gasteiger partial charge in [-0.15, -0.1) is 0 Å². The first-order valence-corrected chi connectivity index (χ1v) is 6.91. The van der Waals surface area contributed by atoms with Crippen molar-refractivity contribution in [2.75, 3.05) is 7.05 Å². The van der Waals surface area contributed by atoms with Gasteiger partial charge >= 0.3 is 12.2 Å². The number of urea groups is 1. The summed E-state index contributed by atoms with van der Waals surface area (Å²) in [5.41, 5.74) is 0.640. The van der Waals surface area contributed by atoms with Crippen LogP contribution < -0.4 is 5.32 Å². The van der Waals surface area contributed by atoms with E-state index in [0.29, 0.717) is 5.56 Å². The Morgan fingerprint density at radius 3 is 2.43 bits per heavy atom. The minimum atomic E-state index is -4.36. The smallest absolute Gasteiger partial charge is 0.332 e. The second-order valence-electron chi connectivity index (χ2n) is 5.03. The van der Waals surface area contributed by atoms with Crippen molar-refractivity contribution in [1.82, 2.24) is 15.2 Å². The molecule has 0 radical (unpaired) electrons. The lowest BCUT2D eigenvalue weighted by molar-refractivity contribution is -0.137. The number of hydrogen-bond donors (Lipinski definition) is 1. The molecule has 0 atom stereocenters. The molecule has 1 heterocycles. The fourth-order valence-corrected chi connectivity index (χ4v) is 1.95. The van der Waals surface area contributed by atoms with Crippen LogP contribution in [0.2, 0.25) is 0 Å². The summed E-state index contributed by atoms with van der Waals surface area (Å²) in [4.78, 5) is 17.4. The Kier molecular flexibility index (Phi) is 5.20. The molecule has 122 valence electrons. The van der Waals surface area contributed by atoms with E-state index < -0.39 is 11.7 Å². The van der Waals surface area contributed by atoms with Crippen LogP contribution in [0.4, 0.5) is 18.0 Å². The van der Waals surface area contributed by atoms with Gasteiger partial charge in [-0.3, -0.25) is 4.98 Å². The van der Waals surface area contributed by atoms with E-state index >= 15 is 0 Å². The average molecular weight is 323 g/mol. The molecule has 0 aliphatic carbocycles. The zero-order valence-electron chi connectivity index (χ0n) is 12.5. The quantitative estimate of drug-likeness (QED) is 0.937. The lowest BCUT2D eigenvalue weighted by Crippen LogP contribution is -2.36. The number of carbonyl (C=O) groups is 1. The number of alkyl halides is 3. The normalized spacial score (nSPS) is 11.1. The fraction of sp³-hybridized carbons (Fsp3) is 0.250. The van der Waals surface area contributed by atoms with Crippen LogP contribution in [-0.2, 0) is 19.3 Å². The minimum absolute atomic E-state index is 0.214. The maximum Gasteiger partial charge on any atom is 0.416 e. The van der Waals surface area contributed by atoms with E-state index in [1.54, 1.807) is 25.4 Å². The van der Waals surface area contributed by atoms with E-state index in [0.717, 1.165) is 17.8 Å². The molecular weight excluding hydrogens is 307 g/mol. The van der Waals surface area contributed by atoms with Gasteiger partial charge in [-0.25, -0.2) is 4.79 Å². The molecule has 7 heteroatoms. The first-order valence-electron chi connectivity index (χ1n) is 6.91. The Balaban J connectivity index is 1.88. The van der Waals surface area contributed by atoms with E-state index in [1.165, 1.54) is 17.0 Å². The lowest BCUT2D eigenvalue weighted by atomic mass is 10.1. The van der Waals surface area contributed by atoms with Gasteiger partial charge in [-0.1, -0.05) is 18.2 Å². The number of rotatable bonds is 4. The van der Waals surface area contributed by atoms with E-state index in [9.17, 15) is 18.0 Å². The van der Waals surface area contributed by atoms with Gasteiger partial charge in [0.1, 0.15) is 0 Å². The number of nitrogens with zero attached hydrogens (tertiary/aromatic N) is 2. The highest BCUT2D eigenvalue weighted by atomic mass is 19.4. The highest BCUT2D eigenvalue weighted by molar-refractivity contribution is 5.73. The molecule has 1 aromatic carbocycles. The third-order valence-corrected chi connectivity index (χ3v) is 3.19. The van der Waals surface area contributed by atoms with E-state index in [-0.39, 0.29) is 19.1 Å². The highest BCUT2D eigenvalue weighted by Gasteiger charge is 2.29. The molecule has 0 bridgehead atoms. The van der Waals surface area contributed by atoms with Gasteiger partial charge in [-0.2, -0.15) is 13.2 Å². The maximum absolute atomic E-state index is 12.5. The summed E-state index contributed by atoms with van der Waals surface area (Å²) in [5.74, 6) is 0. The fourth-order valence-electron chi connectivity index (χ4n) is 1.95. The zero-order valence-corrected chi connectivity index (χ0v) is 12.5. The zero-order chi connectivity index (χ0) is 16.9. The number of amides is 2. The molecule has 1 aromatic heterocycles. The predicted molar refractivity (Wildman–Crippen MR) is 79.4 cm³/mol. The van der Waals surface area contributed by atoms with Gasteiger partial charge in [0.2, 0.25) is 0 Å². The van der Waals surface area contributed by atoms with Crippen molar-refractivity contribution in [3.8, 4) is 0 Å². The van der Waals surface area contributed by atoms with Crippen molar-refractivity contribution in [1.29, 1.82) is 0 Å². The van der Waals surface area contributed by atoms with Crippen LogP contribution >= 0.6 is 0 Å². The predicted octanol–water partition coefficient (Wildman–Crippen LogP) is 3.44. The number of benzene rings is 1. The summed E-state index contributed by atoms with van der Waals surface area (Å²) in [6, 6.07) is 9.81. The van der Waals surface area contributed by atoms with Crippen LogP contribution in [0.1, 0.15) is 16.8 Å². The second-order valence-corrected chi connectivity index (χ2v) is 5.03. The SMILES string of the molecule is CN(Cc1ccc(C(F)(F)F)cc1)C(=O)NCc1ccccn1. The molecule has 0 aliphatic rings. The van der Waals surface area contributed by atoms with Crippen LogP contribution in [0.25, 0.3) is 0 Å². The minimum Gasteiger partial charge on any atom is -0.332 e. The van der Waals surface area contributed by atoms with Gasteiger partial charge in [0.25, 0.3) is 0 Å². The molecule has 0 saturated heterocycles. The van der Waals surface area contributed by atoms with E-state index in [4.69, 9.17) is 0 Å². The van der Waals surface area contributed by atoms with Gasteiger partial charge in [0, 0.05) is 19.8 Å². The largest absolute Gasteiger partial charge is 0.416 e. The van der Waals surface area contributed by atoms with Gasteiger partial charge in [0.15, 0.2) is 0 Å². The van der Waals surface area contributed by atoms with E-state index in [2.05, 4.69) is 10.3 Å². The molecule has 2 rings (SSSR count). The number of carbonyl (C=O) groups excluding carboxylic acids is 1. The third-order valence-electron chi connectivity index (χ3n) is 3.19. The van der Waals surface area contributed by atoms with Gasteiger partial charge in [0.05, 0.1) is 17.8 Å². The molecule has 0 saturated carbocycles. The second kappa shape index (κ2) is 7.13. The molecule has 2 amide bonds. The molecule has 4 nitrogen and oxygen atoms in total. The average Bonchev–Trinajstić information content (AvgIpc) is 2.53. The van der Waals surface area contributed by atoms with Crippen molar-refractivity contribution < 1.29 is 18.0 Å². The van der Waals surface area contributed by atoms with Gasteiger partial charge < -0.3 is 10.2 Å². The molecule has 0 unspecified atom stereocenters. The Hall–Kier alpha value is -2.57. The van der Waals surface area contributed by atoms with Crippen molar-refractivity contribution in [3.05, 3.63) is 65.5 Å². The summed E-state index contributed by atoms with van der Waals surface area (Å²) in [7, 11) is 1.57. The number of halogens is 3. The monoisotopic (exact) mass is 323 g/mol. The summed E-state index contributed by atoms with van der Waals surface area (Å²) in [5, 5.41) is 2.70. The highest BCUT2D eigenvalue weighted by Crippen LogP contribution is 2.29. The van der Waals surface area contributed by atoms with E-state index in [1.807, 2.05) is 6.07 Å². The molecule has 1 N–H and O–H groups in total. The van der Waals surface area contributed by atoms with Crippen molar-refractivity contribution in [2.45, 2.75) is 19.3 Å². The number of nitrogens with one attached hydrogen (secondary N) is 1. The number of aromatic nitrogens is 1. The van der Waals surface area contributed by atoms with Crippen LogP contribution in [-0.4, -0.2) is 23.0 Å². The summed E-state index contributed by atoms with van der Waals surface area (Å²) >= 11 is 0. The molecular formula is C16H16F3N3O. The van der Waals surface area contributed by atoms with Gasteiger partial charge in [-0.05, 0) is 29.8 Å². The Morgan fingerprint density at radius 2 is 1.87 bits per heavy atom. The number of hydrogen-bond acceptors (Lipinski definition) is 2. The Morgan fingerprint density at radius 1 is 1.17 bits per heavy atom. The summed E-state index contributed by atoms with van der Waals surface area (Å²) in [6.45, 7) is 0.503. The molecule has 23 heavy (non-hydrogen) atoms.